The summed E-state index contributed by atoms with van der Waals surface area (Å²) < 4.78 is 6.26. The molecule has 0 amide bonds. The fourth-order valence-corrected chi connectivity index (χ4v) is 4.06. The van der Waals surface area contributed by atoms with E-state index in [1.807, 2.05) is 6.07 Å². The van der Waals surface area contributed by atoms with Gasteiger partial charge >= 0.3 is 0 Å². The van der Waals surface area contributed by atoms with Crippen molar-refractivity contribution >= 4 is 21.8 Å². The Balaban J connectivity index is 1.74. The van der Waals surface area contributed by atoms with Gasteiger partial charge in [0.2, 0.25) is 0 Å². The summed E-state index contributed by atoms with van der Waals surface area (Å²) in [5, 5.41) is 2.34. The summed E-state index contributed by atoms with van der Waals surface area (Å²) in [6.45, 7) is 0. The summed E-state index contributed by atoms with van der Waals surface area (Å²) in [5.41, 5.74) is 4.50. The second-order valence-corrected chi connectivity index (χ2v) is 7.07. The highest BCUT2D eigenvalue weighted by Gasteiger charge is 2.17. The van der Waals surface area contributed by atoms with Crippen LogP contribution in [0, 0.1) is 0 Å². The molecular formula is C24H21NO. The minimum absolute atomic E-state index is 0.362. The second kappa shape index (κ2) is 6.45. The van der Waals surface area contributed by atoms with Gasteiger partial charge in [0, 0.05) is 16.3 Å². The van der Waals surface area contributed by atoms with Crippen LogP contribution in [0.4, 0.5) is 0 Å². The Morgan fingerprint density at radius 3 is 2.31 bits per heavy atom. The molecule has 1 aromatic heterocycles. The SMILES string of the molecule is c1ccc(-c2c3ccccc3nc3ccc(OC4CCCC4)cc23)cc1. The van der Waals surface area contributed by atoms with Gasteiger partial charge in [0.25, 0.3) is 0 Å². The molecule has 5 rings (SSSR count). The lowest BCUT2D eigenvalue weighted by molar-refractivity contribution is 0.210. The lowest BCUT2D eigenvalue weighted by Gasteiger charge is -2.16. The fraction of sp³-hybridized carbons (Fsp3) is 0.208. The average molecular weight is 339 g/mol. The number of hydrogen-bond donors (Lipinski definition) is 0. The topological polar surface area (TPSA) is 22.1 Å². The van der Waals surface area contributed by atoms with Crippen molar-refractivity contribution in [2.24, 2.45) is 0 Å². The Bertz CT molecular complexity index is 1070. The van der Waals surface area contributed by atoms with Gasteiger partial charge in [-0.3, -0.25) is 0 Å². The molecule has 0 unspecified atom stereocenters. The first-order valence-electron chi connectivity index (χ1n) is 9.43. The van der Waals surface area contributed by atoms with Gasteiger partial charge in [0.15, 0.2) is 0 Å². The molecule has 3 aromatic carbocycles. The van der Waals surface area contributed by atoms with Crippen LogP contribution < -0.4 is 4.74 Å². The highest BCUT2D eigenvalue weighted by molar-refractivity contribution is 6.09. The van der Waals surface area contributed by atoms with Crippen LogP contribution in [0.3, 0.4) is 0 Å². The highest BCUT2D eigenvalue weighted by Crippen LogP contribution is 2.36. The first-order chi connectivity index (χ1) is 12.9. The molecule has 1 aliphatic carbocycles. The number of fused-ring (bicyclic) bond motifs is 2. The van der Waals surface area contributed by atoms with E-state index in [9.17, 15) is 0 Å². The lowest BCUT2D eigenvalue weighted by atomic mass is 9.96. The van der Waals surface area contributed by atoms with E-state index in [1.54, 1.807) is 0 Å². The summed E-state index contributed by atoms with van der Waals surface area (Å²) in [6, 6.07) is 25.3. The van der Waals surface area contributed by atoms with Gasteiger partial charge < -0.3 is 4.74 Å². The highest BCUT2D eigenvalue weighted by atomic mass is 16.5. The van der Waals surface area contributed by atoms with Crippen molar-refractivity contribution in [2.45, 2.75) is 31.8 Å². The standard InChI is InChI=1S/C24H21NO/c1-2-8-17(9-3-1)24-20-12-6-7-13-22(20)25-23-15-14-19(16-21(23)24)26-18-10-4-5-11-18/h1-3,6-9,12-16,18H,4-5,10-11H2. The summed E-state index contributed by atoms with van der Waals surface area (Å²) in [5.74, 6) is 0.957. The van der Waals surface area contributed by atoms with Crippen LogP contribution in [0.5, 0.6) is 5.75 Å². The maximum absolute atomic E-state index is 6.26. The maximum atomic E-state index is 6.26. The molecule has 0 atom stereocenters. The molecule has 2 heteroatoms. The minimum Gasteiger partial charge on any atom is -0.490 e. The summed E-state index contributed by atoms with van der Waals surface area (Å²) in [4.78, 5) is 4.88. The van der Waals surface area contributed by atoms with Gasteiger partial charge in [-0.05, 0) is 55.5 Å². The third-order valence-corrected chi connectivity index (χ3v) is 5.32. The van der Waals surface area contributed by atoms with Crippen LogP contribution in [-0.4, -0.2) is 11.1 Å². The van der Waals surface area contributed by atoms with Gasteiger partial charge in [-0.1, -0.05) is 48.5 Å². The minimum atomic E-state index is 0.362. The van der Waals surface area contributed by atoms with E-state index in [1.165, 1.54) is 42.2 Å². The van der Waals surface area contributed by atoms with E-state index in [-0.39, 0.29) is 0 Å². The van der Waals surface area contributed by atoms with Gasteiger partial charge in [-0.15, -0.1) is 0 Å². The third-order valence-electron chi connectivity index (χ3n) is 5.32. The van der Waals surface area contributed by atoms with Crippen molar-refractivity contribution in [3.8, 4) is 16.9 Å². The number of rotatable bonds is 3. The van der Waals surface area contributed by atoms with Crippen LogP contribution in [-0.2, 0) is 0 Å². The molecule has 4 aromatic rings. The van der Waals surface area contributed by atoms with Crippen molar-refractivity contribution in [2.75, 3.05) is 0 Å². The lowest BCUT2D eigenvalue weighted by Crippen LogP contribution is -2.10. The average Bonchev–Trinajstić information content (AvgIpc) is 3.20. The Morgan fingerprint density at radius 2 is 1.46 bits per heavy atom. The predicted octanol–water partition coefficient (Wildman–Crippen LogP) is 6.38. The molecule has 1 fully saturated rings. The van der Waals surface area contributed by atoms with Crippen molar-refractivity contribution in [3.63, 3.8) is 0 Å². The molecule has 1 saturated carbocycles. The number of nitrogens with zero attached hydrogens (tertiary/aromatic N) is 1. The molecule has 0 aliphatic heterocycles. The largest absolute Gasteiger partial charge is 0.490 e. The first-order valence-corrected chi connectivity index (χ1v) is 9.43. The Labute approximate surface area is 153 Å². The van der Waals surface area contributed by atoms with E-state index >= 15 is 0 Å². The number of ether oxygens (including phenoxy) is 1. The zero-order valence-corrected chi connectivity index (χ0v) is 14.7. The van der Waals surface area contributed by atoms with E-state index in [0.717, 1.165) is 22.2 Å². The number of benzene rings is 3. The molecule has 0 spiro atoms. The number of hydrogen-bond acceptors (Lipinski definition) is 2. The quantitative estimate of drug-likeness (QED) is 0.404. The Hall–Kier alpha value is -2.87. The van der Waals surface area contributed by atoms with Gasteiger partial charge in [0.1, 0.15) is 5.75 Å². The van der Waals surface area contributed by atoms with Crippen molar-refractivity contribution in [1.29, 1.82) is 0 Å². The molecule has 26 heavy (non-hydrogen) atoms. The molecule has 1 aliphatic rings. The van der Waals surface area contributed by atoms with Crippen molar-refractivity contribution in [1.82, 2.24) is 4.98 Å². The number of pyridine rings is 1. The predicted molar refractivity (Wildman–Crippen MR) is 108 cm³/mol. The molecule has 2 nitrogen and oxygen atoms in total. The smallest absolute Gasteiger partial charge is 0.120 e. The maximum Gasteiger partial charge on any atom is 0.120 e. The van der Waals surface area contributed by atoms with Crippen LogP contribution in [0.15, 0.2) is 72.8 Å². The normalized spacial score (nSPS) is 14.9. The van der Waals surface area contributed by atoms with E-state index in [0.29, 0.717) is 6.10 Å². The molecule has 1 heterocycles. The fourth-order valence-electron chi connectivity index (χ4n) is 4.06. The molecular weight excluding hydrogens is 318 g/mol. The molecule has 0 saturated heterocycles. The van der Waals surface area contributed by atoms with Crippen LogP contribution in [0.25, 0.3) is 32.9 Å². The summed E-state index contributed by atoms with van der Waals surface area (Å²) >= 11 is 0. The van der Waals surface area contributed by atoms with Gasteiger partial charge in [-0.25, -0.2) is 4.98 Å². The Morgan fingerprint density at radius 1 is 0.731 bits per heavy atom. The monoisotopic (exact) mass is 339 g/mol. The summed E-state index contributed by atoms with van der Waals surface area (Å²) in [7, 11) is 0. The molecule has 0 radical (unpaired) electrons. The third kappa shape index (κ3) is 2.72. The van der Waals surface area contributed by atoms with Crippen LogP contribution >= 0.6 is 0 Å². The van der Waals surface area contributed by atoms with Crippen molar-refractivity contribution in [3.05, 3.63) is 72.8 Å². The van der Waals surface area contributed by atoms with Crippen LogP contribution in [0.1, 0.15) is 25.7 Å². The molecule has 0 bridgehead atoms. The molecule has 0 N–H and O–H groups in total. The van der Waals surface area contributed by atoms with E-state index < -0.39 is 0 Å². The second-order valence-electron chi connectivity index (χ2n) is 7.07. The zero-order chi connectivity index (χ0) is 17.3. The van der Waals surface area contributed by atoms with Crippen LogP contribution in [0.2, 0.25) is 0 Å². The van der Waals surface area contributed by atoms with E-state index in [2.05, 4.69) is 66.7 Å². The number of aromatic nitrogens is 1. The Kier molecular flexibility index (Phi) is 3.82. The summed E-state index contributed by atoms with van der Waals surface area (Å²) in [6.07, 6.45) is 5.25. The van der Waals surface area contributed by atoms with Gasteiger partial charge in [0.05, 0.1) is 17.1 Å². The van der Waals surface area contributed by atoms with Crippen molar-refractivity contribution < 1.29 is 4.74 Å². The number of para-hydroxylation sites is 1. The molecule has 128 valence electrons. The van der Waals surface area contributed by atoms with Gasteiger partial charge in [-0.2, -0.15) is 0 Å². The van der Waals surface area contributed by atoms with E-state index in [4.69, 9.17) is 9.72 Å². The first kappa shape index (κ1) is 15.4. The zero-order valence-electron chi connectivity index (χ0n) is 14.7.